The van der Waals surface area contributed by atoms with Gasteiger partial charge in [-0.3, -0.25) is 4.57 Å². The van der Waals surface area contributed by atoms with E-state index < -0.39 is 8.69 Å². The molecule has 3 heteroatoms. The van der Waals surface area contributed by atoms with Gasteiger partial charge in [-0.25, -0.2) is 0 Å². The maximum Gasteiger partial charge on any atom is 0.225 e. The van der Waals surface area contributed by atoms with Crippen LogP contribution in [-0.2, 0) is 9.98 Å². The first-order chi connectivity index (χ1) is 11.7. The molecule has 4 aliphatic carbocycles. The molecular formula is C21H23O2P. The molecule has 6 rings (SSSR count). The van der Waals surface area contributed by atoms with E-state index in [4.69, 9.17) is 4.52 Å². The molecule has 24 heavy (non-hydrogen) atoms. The lowest BCUT2D eigenvalue weighted by molar-refractivity contribution is 0.0467. The lowest BCUT2D eigenvalue weighted by atomic mass is 9.46. The Morgan fingerprint density at radius 2 is 1.79 bits per heavy atom. The normalized spacial score (nSPS) is 34.5. The predicted molar refractivity (Wildman–Crippen MR) is 99.3 cm³/mol. The summed E-state index contributed by atoms with van der Waals surface area (Å²) in [6.45, 7) is 4.56. The second-order valence-corrected chi connectivity index (χ2v) is 8.46. The van der Waals surface area contributed by atoms with Gasteiger partial charge in [-0.1, -0.05) is 48.6 Å². The molecule has 2 nitrogen and oxygen atoms in total. The van der Waals surface area contributed by atoms with Crippen LogP contribution in [0.5, 0.6) is 5.75 Å². The summed E-state index contributed by atoms with van der Waals surface area (Å²) in [5, 5.41) is 2.24. The van der Waals surface area contributed by atoms with Gasteiger partial charge < -0.3 is 4.52 Å². The highest BCUT2D eigenvalue weighted by atomic mass is 31.1. The average molecular weight is 338 g/mol. The zero-order valence-corrected chi connectivity index (χ0v) is 15.0. The van der Waals surface area contributed by atoms with Gasteiger partial charge in [-0.05, 0) is 55.2 Å². The topological polar surface area (TPSA) is 26.3 Å². The van der Waals surface area contributed by atoms with Crippen LogP contribution >= 0.6 is 8.69 Å². The van der Waals surface area contributed by atoms with Gasteiger partial charge in [0.2, 0.25) is 8.69 Å². The zero-order valence-electron chi connectivity index (χ0n) is 13.8. The Morgan fingerprint density at radius 3 is 2.54 bits per heavy atom. The molecule has 2 aromatic rings. The highest BCUT2D eigenvalue weighted by Crippen LogP contribution is 2.64. The van der Waals surface area contributed by atoms with Crippen molar-refractivity contribution < 1.29 is 9.09 Å². The van der Waals surface area contributed by atoms with Crippen LogP contribution in [-0.4, -0.2) is 0 Å². The van der Waals surface area contributed by atoms with Gasteiger partial charge in [0, 0.05) is 16.4 Å². The molecule has 0 heterocycles. The van der Waals surface area contributed by atoms with E-state index in [1.807, 2.05) is 12.1 Å². The summed E-state index contributed by atoms with van der Waals surface area (Å²) in [7, 11) is -1.27. The van der Waals surface area contributed by atoms with E-state index in [-0.39, 0.29) is 5.41 Å². The number of hydrogen-bond donors (Lipinski definition) is 0. The fraction of sp³-hybridized carbons (Fsp3) is 0.429. The van der Waals surface area contributed by atoms with E-state index in [9.17, 15) is 4.57 Å². The quantitative estimate of drug-likeness (QED) is 0.544. The summed E-state index contributed by atoms with van der Waals surface area (Å²) in [6, 6.07) is 12.7. The van der Waals surface area contributed by atoms with E-state index in [0.29, 0.717) is 5.92 Å². The number of rotatable bonds is 3. The van der Waals surface area contributed by atoms with Gasteiger partial charge in [-0.2, -0.15) is 0 Å². The number of benzene rings is 2. The maximum absolute atomic E-state index is 11.4. The molecule has 0 spiro atoms. The summed E-state index contributed by atoms with van der Waals surface area (Å²) in [4.78, 5) is 0. The average Bonchev–Trinajstić information content (AvgIpc) is 2.59. The first-order valence-electron chi connectivity index (χ1n) is 9.03. The molecule has 3 atom stereocenters. The van der Waals surface area contributed by atoms with Crippen LogP contribution in [0.4, 0.5) is 0 Å². The van der Waals surface area contributed by atoms with Gasteiger partial charge in [0.1, 0.15) is 5.75 Å². The van der Waals surface area contributed by atoms with Gasteiger partial charge >= 0.3 is 0 Å². The van der Waals surface area contributed by atoms with Crippen LogP contribution in [0.3, 0.4) is 0 Å². The van der Waals surface area contributed by atoms with Crippen molar-refractivity contribution in [3.8, 4) is 5.75 Å². The second kappa shape index (κ2) is 5.23. The van der Waals surface area contributed by atoms with Gasteiger partial charge in [0.05, 0.1) is 0 Å². The van der Waals surface area contributed by atoms with Crippen molar-refractivity contribution in [3.05, 3.63) is 54.1 Å². The summed E-state index contributed by atoms with van der Waals surface area (Å²) in [5.41, 5.74) is 2.70. The van der Waals surface area contributed by atoms with Crippen LogP contribution in [0.2, 0.25) is 0 Å². The molecule has 0 saturated heterocycles. The Morgan fingerprint density at radius 1 is 1.04 bits per heavy atom. The minimum Gasteiger partial charge on any atom is -0.446 e. The van der Waals surface area contributed by atoms with Crippen LogP contribution in [0.1, 0.15) is 37.7 Å². The van der Waals surface area contributed by atoms with Crippen molar-refractivity contribution in [1.29, 1.82) is 0 Å². The summed E-state index contributed by atoms with van der Waals surface area (Å²) < 4.78 is 17.2. The molecule has 4 bridgehead atoms. The van der Waals surface area contributed by atoms with E-state index in [1.54, 1.807) is 0 Å². The molecule has 4 fully saturated rings. The zero-order chi connectivity index (χ0) is 16.3. The molecule has 0 aliphatic heterocycles. The third kappa shape index (κ3) is 1.93. The highest BCUT2D eigenvalue weighted by Gasteiger charge is 2.54. The molecule has 0 radical (unpaired) electrons. The SMILES string of the molecule is C=C1C2CC3CC(C2)CC1(c1ccc2ccccc2c1O[PH2]=O)C3. The fourth-order valence-electron chi connectivity index (χ4n) is 6.09. The third-order valence-corrected chi connectivity index (χ3v) is 7.18. The van der Waals surface area contributed by atoms with Crippen molar-refractivity contribution in [1.82, 2.24) is 0 Å². The van der Waals surface area contributed by atoms with Crippen LogP contribution in [0.25, 0.3) is 10.8 Å². The smallest absolute Gasteiger partial charge is 0.225 e. The van der Waals surface area contributed by atoms with Gasteiger partial charge in [0.25, 0.3) is 0 Å². The molecule has 124 valence electrons. The number of fused-ring (bicyclic) bond motifs is 1. The third-order valence-electron chi connectivity index (χ3n) is 6.85. The Hall–Kier alpha value is -1.53. The number of allylic oxidation sites excluding steroid dienone is 1. The van der Waals surface area contributed by atoms with Gasteiger partial charge in [-0.15, -0.1) is 0 Å². The minimum atomic E-state index is -1.27. The molecule has 3 unspecified atom stereocenters. The van der Waals surface area contributed by atoms with Gasteiger partial charge in [0.15, 0.2) is 0 Å². The Bertz CT molecular complexity index is 842. The molecule has 2 aromatic carbocycles. The first-order valence-corrected chi connectivity index (χ1v) is 9.97. The van der Waals surface area contributed by atoms with Crippen molar-refractivity contribution in [3.63, 3.8) is 0 Å². The van der Waals surface area contributed by atoms with E-state index in [0.717, 1.165) is 28.4 Å². The molecule has 4 saturated carbocycles. The van der Waals surface area contributed by atoms with Crippen molar-refractivity contribution in [2.24, 2.45) is 17.8 Å². The Labute approximate surface area is 144 Å². The lowest BCUT2D eigenvalue weighted by Crippen LogP contribution is -2.50. The van der Waals surface area contributed by atoms with Crippen molar-refractivity contribution in [2.45, 2.75) is 37.5 Å². The fourth-order valence-corrected chi connectivity index (χ4v) is 6.44. The first kappa shape index (κ1) is 14.8. The van der Waals surface area contributed by atoms with Crippen LogP contribution < -0.4 is 4.52 Å². The summed E-state index contributed by atoms with van der Waals surface area (Å²) >= 11 is 0. The molecule has 4 aliphatic rings. The molecule has 0 amide bonds. The van der Waals surface area contributed by atoms with Crippen molar-refractivity contribution >= 4 is 19.5 Å². The maximum atomic E-state index is 11.4. The van der Waals surface area contributed by atoms with E-state index in [2.05, 4.69) is 30.8 Å². The predicted octanol–water partition coefficient (Wildman–Crippen LogP) is 5.52. The molecule has 0 aromatic heterocycles. The van der Waals surface area contributed by atoms with E-state index >= 15 is 0 Å². The summed E-state index contributed by atoms with van der Waals surface area (Å²) in [6.07, 6.45) is 6.44. The lowest BCUT2D eigenvalue weighted by Gasteiger charge is -2.58. The number of hydrogen-bond acceptors (Lipinski definition) is 2. The largest absolute Gasteiger partial charge is 0.446 e. The minimum absolute atomic E-state index is 0.0444. The molecule has 0 N–H and O–H groups in total. The Balaban J connectivity index is 1.75. The van der Waals surface area contributed by atoms with E-state index in [1.165, 1.54) is 43.2 Å². The summed E-state index contributed by atoms with van der Waals surface area (Å²) in [5.74, 6) is 3.18. The highest BCUT2D eigenvalue weighted by molar-refractivity contribution is 7.17. The second-order valence-electron chi connectivity index (χ2n) is 8.03. The monoisotopic (exact) mass is 338 g/mol. The van der Waals surface area contributed by atoms with Crippen molar-refractivity contribution in [2.75, 3.05) is 0 Å². The molecular weight excluding hydrogens is 315 g/mol. The standard InChI is InChI=1S/C21H23O2P/c1-13-17-9-14-8-15(10-17)12-21(13,11-14)19-7-6-16-4-2-3-5-18(16)20(19)23-24-22/h2-7,14-15,17H,1,8-12,24H2. The van der Waals surface area contributed by atoms with Crippen LogP contribution in [0, 0.1) is 17.8 Å². The van der Waals surface area contributed by atoms with Crippen LogP contribution in [0.15, 0.2) is 48.6 Å². The Kier molecular flexibility index (Phi) is 3.22.